The van der Waals surface area contributed by atoms with Crippen molar-refractivity contribution in [2.45, 2.75) is 25.3 Å². The third kappa shape index (κ3) is 4.32. The molecule has 3 nitrogen and oxygen atoms in total. The third-order valence-corrected chi connectivity index (χ3v) is 6.30. The molecular weight excluding hydrogens is 318 g/mol. The molecule has 0 amide bonds. The number of halogens is 1. The van der Waals surface area contributed by atoms with Crippen molar-refractivity contribution in [1.82, 2.24) is 4.31 Å². The van der Waals surface area contributed by atoms with Gasteiger partial charge in [-0.25, -0.2) is 8.42 Å². The van der Waals surface area contributed by atoms with Crippen molar-refractivity contribution in [2.24, 2.45) is 0 Å². The maximum absolute atomic E-state index is 12.7. The number of hydrogen-bond acceptors (Lipinski definition) is 2. The van der Waals surface area contributed by atoms with Gasteiger partial charge in [-0.3, -0.25) is 0 Å². The highest BCUT2D eigenvalue weighted by molar-refractivity contribution is 7.89. The van der Waals surface area contributed by atoms with Crippen LogP contribution in [0.25, 0.3) is 0 Å². The van der Waals surface area contributed by atoms with E-state index in [-0.39, 0.29) is 5.88 Å². The van der Waals surface area contributed by atoms with Crippen molar-refractivity contribution in [3.8, 4) is 0 Å². The Balaban J connectivity index is 2.28. The van der Waals surface area contributed by atoms with Crippen molar-refractivity contribution in [1.29, 1.82) is 0 Å². The van der Waals surface area contributed by atoms with Crippen molar-refractivity contribution >= 4 is 21.6 Å². The molecule has 22 heavy (non-hydrogen) atoms. The zero-order valence-electron chi connectivity index (χ0n) is 12.5. The molecule has 0 spiro atoms. The van der Waals surface area contributed by atoms with Gasteiger partial charge in [0.1, 0.15) is 0 Å². The molecule has 0 aliphatic heterocycles. The second kappa shape index (κ2) is 7.77. The summed E-state index contributed by atoms with van der Waals surface area (Å²) in [7, 11) is -3.45. The first-order valence-corrected chi connectivity index (χ1v) is 9.20. The Morgan fingerprint density at radius 3 is 1.68 bits per heavy atom. The zero-order valence-corrected chi connectivity index (χ0v) is 14.1. The van der Waals surface area contributed by atoms with E-state index >= 15 is 0 Å². The van der Waals surface area contributed by atoms with Crippen molar-refractivity contribution in [3.05, 3.63) is 71.8 Å². The average molecular weight is 338 g/mol. The summed E-state index contributed by atoms with van der Waals surface area (Å²) in [5.41, 5.74) is 1.92. The van der Waals surface area contributed by atoms with Crippen LogP contribution in [0.5, 0.6) is 0 Å². The van der Waals surface area contributed by atoms with Crippen molar-refractivity contribution < 1.29 is 8.42 Å². The van der Waals surface area contributed by atoms with E-state index in [2.05, 4.69) is 0 Å². The number of rotatable bonds is 7. The minimum Gasteiger partial charge on any atom is -0.212 e. The lowest BCUT2D eigenvalue weighted by Crippen LogP contribution is -2.37. The highest BCUT2D eigenvalue weighted by atomic mass is 35.5. The highest BCUT2D eigenvalue weighted by Crippen LogP contribution is 2.18. The van der Waals surface area contributed by atoms with Crippen molar-refractivity contribution in [2.75, 3.05) is 5.88 Å². The predicted octanol–water partition coefficient (Wildman–Crippen LogP) is 3.65. The van der Waals surface area contributed by atoms with E-state index in [0.717, 1.165) is 11.1 Å². The van der Waals surface area contributed by atoms with Crippen LogP contribution in [0.15, 0.2) is 60.7 Å². The number of alkyl halides is 1. The van der Waals surface area contributed by atoms with Crippen LogP contribution in [0.2, 0.25) is 0 Å². The summed E-state index contributed by atoms with van der Waals surface area (Å²) >= 11 is 5.78. The normalized spacial score (nSPS) is 13.2. The summed E-state index contributed by atoms with van der Waals surface area (Å²) in [6.45, 7) is 2.34. The van der Waals surface area contributed by atoms with E-state index in [9.17, 15) is 8.42 Å². The van der Waals surface area contributed by atoms with Gasteiger partial charge in [-0.1, -0.05) is 60.7 Å². The fourth-order valence-corrected chi connectivity index (χ4v) is 3.95. The summed E-state index contributed by atoms with van der Waals surface area (Å²) in [5, 5.41) is -0.610. The molecule has 0 N–H and O–H groups in total. The lowest BCUT2D eigenvalue weighted by molar-refractivity contribution is 0.396. The summed E-state index contributed by atoms with van der Waals surface area (Å²) in [4.78, 5) is 0. The molecule has 0 aromatic heterocycles. The zero-order chi connectivity index (χ0) is 16.0. The van der Waals surface area contributed by atoms with Gasteiger partial charge in [0.2, 0.25) is 10.0 Å². The van der Waals surface area contributed by atoms with Crippen LogP contribution < -0.4 is 0 Å². The van der Waals surface area contributed by atoms with Gasteiger partial charge in [0.15, 0.2) is 0 Å². The molecule has 2 rings (SSSR count). The summed E-state index contributed by atoms with van der Waals surface area (Å²) in [5.74, 6) is 0.0857. The highest BCUT2D eigenvalue weighted by Gasteiger charge is 2.28. The first kappa shape index (κ1) is 17.0. The van der Waals surface area contributed by atoms with Crippen molar-refractivity contribution in [3.63, 3.8) is 0 Å². The smallest absolute Gasteiger partial charge is 0.212 e. The van der Waals surface area contributed by atoms with Crippen LogP contribution in [0.4, 0.5) is 0 Å². The lowest BCUT2D eigenvalue weighted by atomic mass is 10.2. The molecule has 0 radical (unpaired) electrons. The number of hydrogen-bond donors (Lipinski definition) is 0. The first-order chi connectivity index (χ1) is 10.5. The molecule has 0 bridgehead atoms. The van der Waals surface area contributed by atoms with E-state index in [4.69, 9.17) is 11.6 Å². The van der Waals surface area contributed by atoms with E-state index in [0.29, 0.717) is 13.1 Å². The van der Waals surface area contributed by atoms with Gasteiger partial charge in [0.25, 0.3) is 0 Å². The molecule has 0 saturated carbocycles. The van der Waals surface area contributed by atoms with E-state index in [1.54, 1.807) is 6.92 Å². The Morgan fingerprint density at radius 2 is 1.32 bits per heavy atom. The number of benzene rings is 2. The SMILES string of the molecule is CC(CCl)S(=O)(=O)N(Cc1ccccc1)Cc1ccccc1. The Kier molecular flexibility index (Phi) is 6.00. The Hall–Kier alpha value is -1.36. The maximum Gasteiger partial charge on any atom is 0.218 e. The molecule has 1 unspecified atom stereocenters. The summed E-state index contributed by atoms with van der Waals surface area (Å²) in [6, 6.07) is 19.2. The minimum atomic E-state index is -3.45. The second-order valence-corrected chi connectivity index (χ2v) is 7.91. The maximum atomic E-state index is 12.7. The standard InChI is InChI=1S/C17H20ClNO2S/c1-15(12-18)22(20,21)19(13-16-8-4-2-5-9-16)14-17-10-6-3-7-11-17/h2-11,15H,12-14H2,1H3. The topological polar surface area (TPSA) is 37.4 Å². The molecule has 2 aromatic rings. The molecule has 0 aliphatic rings. The van der Waals surface area contributed by atoms with Gasteiger partial charge < -0.3 is 0 Å². The molecule has 0 aliphatic carbocycles. The molecular formula is C17H20ClNO2S. The van der Waals surface area contributed by atoms with Gasteiger partial charge in [-0.15, -0.1) is 11.6 Å². The van der Waals surface area contributed by atoms with Gasteiger partial charge in [0.05, 0.1) is 5.25 Å². The summed E-state index contributed by atoms with van der Waals surface area (Å²) in [6.07, 6.45) is 0. The average Bonchev–Trinajstić information content (AvgIpc) is 2.55. The Morgan fingerprint density at radius 1 is 0.909 bits per heavy atom. The van der Waals surface area contributed by atoms with Crippen LogP contribution in [-0.4, -0.2) is 23.9 Å². The molecule has 0 heterocycles. The van der Waals surface area contributed by atoms with Crippen LogP contribution in [0.3, 0.4) is 0 Å². The predicted molar refractivity (Wildman–Crippen MR) is 91.2 cm³/mol. The van der Waals surface area contributed by atoms with E-state index in [1.807, 2.05) is 60.7 Å². The largest absolute Gasteiger partial charge is 0.218 e. The molecule has 0 fully saturated rings. The van der Waals surface area contributed by atoms with Gasteiger partial charge in [0, 0.05) is 19.0 Å². The fourth-order valence-electron chi connectivity index (χ4n) is 2.14. The van der Waals surface area contributed by atoms with Crippen LogP contribution in [0, 0.1) is 0 Å². The number of nitrogens with zero attached hydrogens (tertiary/aromatic N) is 1. The molecule has 2 aromatic carbocycles. The molecule has 0 saturated heterocycles. The molecule has 1 atom stereocenters. The minimum absolute atomic E-state index is 0.0857. The van der Waals surface area contributed by atoms with E-state index in [1.165, 1.54) is 4.31 Å². The first-order valence-electron chi connectivity index (χ1n) is 7.17. The van der Waals surface area contributed by atoms with E-state index < -0.39 is 15.3 Å². The third-order valence-electron chi connectivity index (χ3n) is 3.49. The monoisotopic (exact) mass is 337 g/mol. The second-order valence-electron chi connectivity index (χ2n) is 5.25. The van der Waals surface area contributed by atoms with Crippen LogP contribution in [-0.2, 0) is 23.1 Å². The van der Waals surface area contributed by atoms with Crippen LogP contribution >= 0.6 is 11.6 Å². The Bertz CT molecular complexity index is 633. The molecule has 5 heteroatoms. The summed E-state index contributed by atoms with van der Waals surface area (Å²) < 4.78 is 26.9. The van der Waals surface area contributed by atoms with Gasteiger partial charge in [-0.05, 0) is 18.1 Å². The van der Waals surface area contributed by atoms with Gasteiger partial charge >= 0.3 is 0 Å². The molecule has 118 valence electrons. The Labute approximate surface area is 137 Å². The van der Waals surface area contributed by atoms with Gasteiger partial charge in [-0.2, -0.15) is 4.31 Å². The number of sulfonamides is 1. The van der Waals surface area contributed by atoms with Crippen LogP contribution in [0.1, 0.15) is 18.1 Å². The fraction of sp³-hybridized carbons (Fsp3) is 0.294. The quantitative estimate of drug-likeness (QED) is 0.723. The lowest BCUT2D eigenvalue weighted by Gasteiger charge is -2.25.